The highest BCUT2D eigenvalue weighted by Crippen LogP contribution is 2.32. The Kier molecular flexibility index (Phi) is 6.15. The van der Waals surface area contributed by atoms with Gasteiger partial charge in [-0.05, 0) is 17.7 Å². The maximum atomic E-state index is 12.7. The molecular weight excluding hydrogens is 392 g/mol. The second-order valence-electron chi connectivity index (χ2n) is 6.97. The summed E-state index contributed by atoms with van der Waals surface area (Å²) in [4.78, 5) is 31.8. The number of aromatic nitrogens is 2. The molecule has 2 aliphatic rings. The molecule has 0 unspecified atom stereocenters. The van der Waals surface area contributed by atoms with E-state index in [2.05, 4.69) is 10.3 Å². The molecule has 2 aromatic rings. The molecule has 3 heterocycles. The van der Waals surface area contributed by atoms with Gasteiger partial charge in [-0.3, -0.25) is 14.2 Å². The van der Waals surface area contributed by atoms with E-state index in [0.29, 0.717) is 56.0 Å². The summed E-state index contributed by atoms with van der Waals surface area (Å²) < 4.78 is 22.5. The smallest absolute Gasteiger partial charge is 0.255 e. The van der Waals surface area contributed by atoms with Crippen LogP contribution in [0.3, 0.4) is 0 Å². The zero-order valence-electron chi connectivity index (χ0n) is 16.8. The summed E-state index contributed by atoms with van der Waals surface area (Å²) >= 11 is 0. The number of methoxy groups -OCH3 is 1. The van der Waals surface area contributed by atoms with Gasteiger partial charge >= 0.3 is 0 Å². The lowest BCUT2D eigenvalue weighted by Gasteiger charge is -2.29. The fraction of sp³-hybridized carbons (Fsp3) is 0.450. The highest BCUT2D eigenvalue weighted by atomic mass is 16.7. The molecule has 2 aliphatic heterocycles. The first-order chi connectivity index (χ1) is 14.6. The minimum Gasteiger partial charge on any atom is -0.454 e. The fourth-order valence-electron chi connectivity index (χ4n) is 3.37. The first kappa shape index (κ1) is 20.2. The number of ether oxygens (including phenoxy) is 4. The Bertz CT molecular complexity index is 970. The van der Waals surface area contributed by atoms with Crippen molar-refractivity contribution in [3.8, 4) is 11.5 Å². The molecule has 10 heteroatoms. The van der Waals surface area contributed by atoms with Crippen LogP contribution in [-0.4, -0.2) is 55.7 Å². The molecule has 4 rings (SSSR count). The van der Waals surface area contributed by atoms with E-state index < -0.39 is 0 Å². The molecule has 10 nitrogen and oxygen atoms in total. The van der Waals surface area contributed by atoms with Gasteiger partial charge in [0.25, 0.3) is 5.56 Å². The number of morpholine rings is 1. The number of carbonyl (C=O) groups is 1. The van der Waals surface area contributed by atoms with E-state index in [1.165, 1.54) is 10.6 Å². The quantitative estimate of drug-likeness (QED) is 0.686. The summed E-state index contributed by atoms with van der Waals surface area (Å²) in [5.41, 5.74) is 1.11. The Labute approximate surface area is 173 Å². The van der Waals surface area contributed by atoms with Crippen molar-refractivity contribution in [2.75, 3.05) is 45.1 Å². The zero-order chi connectivity index (χ0) is 20.9. The van der Waals surface area contributed by atoms with Crippen molar-refractivity contribution in [3.63, 3.8) is 0 Å². The van der Waals surface area contributed by atoms with Crippen LogP contribution in [0.4, 0.5) is 5.95 Å². The Morgan fingerprint density at radius 1 is 1.20 bits per heavy atom. The molecule has 1 N–H and O–H groups in total. The maximum Gasteiger partial charge on any atom is 0.255 e. The van der Waals surface area contributed by atoms with Gasteiger partial charge in [0.2, 0.25) is 18.6 Å². The van der Waals surface area contributed by atoms with Crippen molar-refractivity contribution >= 4 is 11.9 Å². The summed E-state index contributed by atoms with van der Waals surface area (Å²) in [6.45, 7) is 2.89. The molecule has 1 aromatic carbocycles. The van der Waals surface area contributed by atoms with Crippen LogP contribution < -0.4 is 25.2 Å². The number of anilines is 1. The van der Waals surface area contributed by atoms with E-state index in [4.69, 9.17) is 18.9 Å². The average molecular weight is 416 g/mol. The number of nitrogens with one attached hydrogen (secondary N) is 1. The SMILES string of the molecule is COCc1cc(=O)n(CC(=O)NCc2ccc3c(c2)OCO3)c(N2CCOCC2)n1. The Hall–Kier alpha value is -3.11. The average Bonchev–Trinajstić information content (AvgIpc) is 3.23. The molecule has 0 bridgehead atoms. The lowest BCUT2D eigenvalue weighted by atomic mass is 10.2. The van der Waals surface area contributed by atoms with E-state index in [9.17, 15) is 9.59 Å². The molecular formula is C20H24N4O6. The van der Waals surface area contributed by atoms with Gasteiger partial charge in [0, 0.05) is 32.8 Å². The third-order valence-electron chi connectivity index (χ3n) is 4.86. The number of fused-ring (bicyclic) bond motifs is 1. The number of nitrogens with zero attached hydrogens (tertiary/aromatic N) is 3. The third kappa shape index (κ3) is 4.55. The van der Waals surface area contributed by atoms with Crippen molar-refractivity contribution in [2.24, 2.45) is 0 Å². The van der Waals surface area contributed by atoms with Gasteiger partial charge < -0.3 is 29.2 Å². The predicted octanol–water partition coefficient (Wildman–Crippen LogP) is 0.271. The van der Waals surface area contributed by atoms with Gasteiger partial charge in [-0.15, -0.1) is 0 Å². The fourth-order valence-corrected chi connectivity index (χ4v) is 3.37. The van der Waals surface area contributed by atoms with Gasteiger partial charge in [-0.25, -0.2) is 4.98 Å². The van der Waals surface area contributed by atoms with Crippen LogP contribution in [0.15, 0.2) is 29.1 Å². The van der Waals surface area contributed by atoms with Crippen LogP contribution in [0.5, 0.6) is 11.5 Å². The molecule has 160 valence electrons. The first-order valence-electron chi connectivity index (χ1n) is 9.71. The van der Waals surface area contributed by atoms with Crippen molar-refractivity contribution < 1.29 is 23.7 Å². The summed E-state index contributed by atoms with van der Waals surface area (Å²) in [5.74, 6) is 1.51. The van der Waals surface area contributed by atoms with Gasteiger partial charge in [0.1, 0.15) is 6.54 Å². The molecule has 0 atom stereocenters. The Balaban J connectivity index is 1.48. The van der Waals surface area contributed by atoms with Crippen molar-refractivity contribution in [3.05, 3.63) is 45.9 Å². The number of carbonyl (C=O) groups excluding carboxylic acids is 1. The lowest BCUT2D eigenvalue weighted by molar-refractivity contribution is -0.121. The Morgan fingerprint density at radius 3 is 2.80 bits per heavy atom. The summed E-state index contributed by atoms with van der Waals surface area (Å²) in [5, 5.41) is 2.85. The third-order valence-corrected chi connectivity index (χ3v) is 4.86. The summed E-state index contributed by atoms with van der Waals surface area (Å²) in [6.07, 6.45) is 0. The molecule has 0 saturated carbocycles. The van der Waals surface area contributed by atoms with Crippen molar-refractivity contribution in [1.29, 1.82) is 0 Å². The second kappa shape index (κ2) is 9.14. The van der Waals surface area contributed by atoms with Gasteiger partial charge in [-0.2, -0.15) is 0 Å². The van der Waals surface area contributed by atoms with Crippen LogP contribution >= 0.6 is 0 Å². The number of benzene rings is 1. The molecule has 1 amide bonds. The number of hydrogen-bond acceptors (Lipinski definition) is 8. The van der Waals surface area contributed by atoms with Crippen molar-refractivity contribution in [2.45, 2.75) is 19.7 Å². The lowest BCUT2D eigenvalue weighted by Crippen LogP contribution is -2.42. The normalized spacial score (nSPS) is 15.3. The standard InChI is InChI=1S/C20H24N4O6/c1-27-12-15-9-19(26)24(20(22-15)23-4-6-28-7-5-23)11-18(25)21-10-14-2-3-16-17(8-14)30-13-29-16/h2-3,8-9H,4-7,10-13H2,1H3,(H,21,25). The molecule has 0 aliphatic carbocycles. The van der Waals surface area contributed by atoms with E-state index in [-0.39, 0.29) is 31.4 Å². The van der Waals surface area contributed by atoms with Gasteiger partial charge in [-0.1, -0.05) is 6.07 Å². The number of amides is 1. The number of hydrogen-bond donors (Lipinski definition) is 1. The minimum absolute atomic E-state index is 0.129. The predicted molar refractivity (Wildman–Crippen MR) is 107 cm³/mol. The van der Waals surface area contributed by atoms with Crippen LogP contribution in [0.25, 0.3) is 0 Å². The van der Waals surface area contributed by atoms with Crippen LogP contribution in [0.1, 0.15) is 11.3 Å². The van der Waals surface area contributed by atoms with Gasteiger partial charge in [0.05, 0.1) is 25.5 Å². The maximum absolute atomic E-state index is 12.7. The molecule has 0 spiro atoms. The van der Waals surface area contributed by atoms with Crippen LogP contribution in [0, 0.1) is 0 Å². The molecule has 0 radical (unpaired) electrons. The topological polar surface area (TPSA) is 104 Å². The molecule has 1 fully saturated rings. The van der Waals surface area contributed by atoms with E-state index in [0.717, 1.165) is 5.56 Å². The Morgan fingerprint density at radius 2 is 2.00 bits per heavy atom. The molecule has 30 heavy (non-hydrogen) atoms. The van der Waals surface area contributed by atoms with Crippen LogP contribution in [0.2, 0.25) is 0 Å². The zero-order valence-corrected chi connectivity index (χ0v) is 16.8. The highest BCUT2D eigenvalue weighted by molar-refractivity contribution is 5.76. The summed E-state index contributed by atoms with van der Waals surface area (Å²) in [6, 6.07) is 6.90. The van der Waals surface area contributed by atoms with E-state index in [1.807, 2.05) is 23.1 Å². The van der Waals surface area contributed by atoms with Crippen molar-refractivity contribution in [1.82, 2.24) is 14.9 Å². The molecule has 1 aromatic heterocycles. The van der Waals surface area contributed by atoms with E-state index in [1.54, 1.807) is 7.11 Å². The van der Waals surface area contributed by atoms with Crippen LogP contribution in [-0.2, 0) is 34.0 Å². The first-order valence-corrected chi connectivity index (χ1v) is 9.71. The van der Waals surface area contributed by atoms with E-state index >= 15 is 0 Å². The minimum atomic E-state index is -0.295. The van der Waals surface area contributed by atoms with Gasteiger partial charge in [0.15, 0.2) is 11.5 Å². The molecule has 1 saturated heterocycles. The highest BCUT2D eigenvalue weighted by Gasteiger charge is 2.20. The monoisotopic (exact) mass is 416 g/mol. The second-order valence-corrected chi connectivity index (χ2v) is 6.97. The number of rotatable bonds is 7. The summed E-state index contributed by atoms with van der Waals surface area (Å²) in [7, 11) is 1.55. The largest absolute Gasteiger partial charge is 0.454 e.